The summed E-state index contributed by atoms with van der Waals surface area (Å²) in [5, 5.41) is 8.23. The molecule has 0 saturated heterocycles. The Bertz CT molecular complexity index is 1200. The number of fused-ring (bicyclic) bond motifs is 1. The number of nitrogens with zero attached hydrogens (tertiary/aromatic N) is 4. The van der Waals surface area contributed by atoms with E-state index < -0.39 is 42.5 Å². The molecule has 2 aliphatic heterocycles. The van der Waals surface area contributed by atoms with Gasteiger partial charge >= 0.3 is 21.5 Å². The molecule has 1 N–H and O–H groups in total. The van der Waals surface area contributed by atoms with Gasteiger partial charge < -0.3 is 9.64 Å². The molecule has 206 valence electrons. The van der Waals surface area contributed by atoms with Gasteiger partial charge in [0.15, 0.2) is 2.84 Å². The Morgan fingerprint density at radius 2 is 2.05 bits per heavy atom. The van der Waals surface area contributed by atoms with Crippen LogP contribution in [0, 0.1) is 5.92 Å². The number of nitrogens with one attached hydrogen (secondary N) is 1. The van der Waals surface area contributed by atoms with Gasteiger partial charge in [-0.25, -0.2) is 4.79 Å². The molecule has 0 fully saturated rings. The zero-order valence-electron chi connectivity index (χ0n) is 20.6. The number of esters is 1. The van der Waals surface area contributed by atoms with Crippen molar-refractivity contribution in [1.82, 2.24) is 0 Å². The maximum atomic E-state index is 13.2. The number of rotatable bonds is 10. The van der Waals surface area contributed by atoms with Gasteiger partial charge in [0, 0.05) is 18.8 Å². The predicted molar refractivity (Wildman–Crippen MR) is 149 cm³/mol. The molecule has 1 aromatic carbocycles. The lowest BCUT2D eigenvalue weighted by atomic mass is 9.99. The molecule has 0 unspecified atom stereocenters. The summed E-state index contributed by atoms with van der Waals surface area (Å²) in [6.45, 7) is 7.63. The van der Waals surface area contributed by atoms with Crippen molar-refractivity contribution >= 4 is 73.8 Å². The van der Waals surface area contributed by atoms with Crippen LogP contribution in [-0.4, -0.2) is 47.6 Å². The monoisotopic (exact) mass is 675 g/mol. The molecule has 3 rings (SSSR count). The van der Waals surface area contributed by atoms with E-state index >= 15 is 0 Å². The quantitative estimate of drug-likeness (QED) is 0.135. The lowest BCUT2D eigenvalue weighted by Gasteiger charge is -2.32. The number of hydrogen-bond acceptors (Lipinski definition) is 9. The largest absolute Gasteiger partial charge is 0.516 e. The highest BCUT2D eigenvalue weighted by molar-refractivity contribution is 14.2. The van der Waals surface area contributed by atoms with Gasteiger partial charge in [-0.05, 0) is 54.6 Å². The molecule has 0 atom stereocenters. The molecule has 1 aromatic rings. The van der Waals surface area contributed by atoms with Gasteiger partial charge in [-0.15, -0.1) is 10.2 Å². The first-order valence-electron chi connectivity index (χ1n) is 11.8. The van der Waals surface area contributed by atoms with Crippen LogP contribution in [0.25, 0.3) is 0 Å². The van der Waals surface area contributed by atoms with Crippen LogP contribution in [0.5, 0.6) is 0 Å². The van der Waals surface area contributed by atoms with Crippen LogP contribution >= 0.6 is 32.8 Å². The summed E-state index contributed by atoms with van der Waals surface area (Å²) < 4.78 is 74.8. The van der Waals surface area contributed by atoms with Gasteiger partial charge in [0.05, 0.1) is 33.3 Å². The van der Waals surface area contributed by atoms with E-state index in [4.69, 9.17) is 4.74 Å². The van der Waals surface area contributed by atoms with Gasteiger partial charge in [-0.1, -0.05) is 33.6 Å². The molecule has 0 bridgehead atoms. The number of unbranched alkanes of at least 4 members (excludes halogenated alkanes) is 2. The summed E-state index contributed by atoms with van der Waals surface area (Å²) in [6.07, 6.45) is 4.48. The number of ether oxygens (including phenoxy) is 1. The number of sulfonamides is 1. The Balaban J connectivity index is 1.86. The number of alkyl halides is 3. The summed E-state index contributed by atoms with van der Waals surface area (Å²) in [6, 6.07) is 2.96. The minimum Gasteiger partial charge on any atom is -0.461 e. The third-order valence-corrected chi connectivity index (χ3v) is 10.1. The molecule has 9 nitrogen and oxygen atoms in total. The number of carbonyl (C=O) groups is 1. The number of anilines is 2. The first kappa shape index (κ1) is 29.8. The van der Waals surface area contributed by atoms with Crippen molar-refractivity contribution in [3.05, 3.63) is 17.7 Å². The number of amidine groups is 1. The topological polar surface area (TPSA) is 113 Å². The average Bonchev–Trinajstić information content (AvgIpc) is 3.30. The lowest BCUT2D eigenvalue weighted by molar-refractivity contribution is -0.135. The Morgan fingerprint density at radius 3 is 2.73 bits per heavy atom. The SMILES string of the molecule is CCCCCN1CCCc2cc(N=NC3=NI=C(C(=O)OCC(C)C)S3)c(NS(=O)(=O)C(F)(F)F)cc21. The van der Waals surface area contributed by atoms with Crippen molar-refractivity contribution < 1.29 is 31.1 Å². The molecular formula is C22H29F3IN5O4S2. The summed E-state index contributed by atoms with van der Waals surface area (Å²) in [4.78, 5) is 14.2. The highest BCUT2D eigenvalue weighted by atomic mass is 127. The Kier molecular flexibility index (Phi) is 10.4. The van der Waals surface area contributed by atoms with Gasteiger partial charge in [-0.2, -0.15) is 24.8 Å². The molecule has 2 aliphatic rings. The van der Waals surface area contributed by atoms with Crippen LogP contribution < -0.4 is 9.62 Å². The first-order chi connectivity index (χ1) is 17.4. The van der Waals surface area contributed by atoms with Crippen LogP contribution in [-0.2, 0) is 26.0 Å². The maximum Gasteiger partial charge on any atom is 0.516 e. The van der Waals surface area contributed by atoms with E-state index in [1.807, 2.05) is 13.8 Å². The third-order valence-electron chi connectivity index (χ3n) is 5.32. The van der Waals surface area contributed by atoms with Crippen molar-refractivity contribution in [3.63, 3.8) is 0 Å². The number of azo groups is 1. The molecule has 15 heteroatoms. The highest BCUT2D eigenvalue weighted by Gasteiger charge is 2.46. The Labute approximate surface area is 228 Å². The van der Waals surface area contributed by atoms with E-state index in [0.29, 0.717) is 14.9 Å². The number of hydrogen-bond donors (Lipinski definition) is 1. The molecule has 37 heavy (non-hydrogen) atoms. The second-order valence-corrected chi connectivity index (χ2v) is 14.3. The number of thioether (sulfide) groups is 1. The van der Waals surface area contributed by atoms with Crippen molar-refractivity contribution in [3.8, 4) is 0 Å². The van der Waals surface area contributed by atoms with Crippen LogP contribution in [0.4, 0.5) is 30.2 Å². The predicted octanol–water partition coefficient (Wildman–Crippen LogP) is 6.29. The number of carbonyl (C=O) groups excluding carboxylic acids is 1. The molecular weight excluding hydrogens is 646 g/mol. The van der Waals surface area contributed by atoms with Gasteiger partial charge in [0.2, 0.25) is 5.17 Å². The molecule has 0 amide bonds. The molecule has 0 aromatic heterocycles. The molecule has 0 radical (unpaired) electrons. The number of halogens is 4. The van der Waals surface area contributed by atoms with E-state index in [0.717, 1.165) is 56.1 Å². The van der Waals surface area contributed by atoms with E-state index in [9.17, 15) is 26.4 Å². The van der Waals surface area contributed by atoms with Crippen molar-refractivity contribution in [2.24, 2.45) is 19.4 Å². The van der Waals surface area contributed by atoms with Crippen molar-refractivity contribution in [2.75, 3.05) is 29.3 Å². The average molecular weight is 676 g/mol. The second-order valence-electron chi connectivity index (χ2n) is 8.87. The minimum atomic E-state index is -5.67. The summed E-state index contributed by atoms with van der Waals surface area (Å²) >= 11 is -0.00871. The Morgan fingerprint density at radius 1 is 1.30 bits per heavy atom. The van der Waals surface area contributed by atoms with E-state index in [-0.39, 0.29) is 29.1 Å². The zero-order chi connectivity index (χ0) is 27.2. The first-order valence-corrected chi connectivity index (χ1v) is 16.1. The zero-order valence-corrected chi connectivity index (χ0v) is 24.4. The van der Waals surface area contributed by atoms with Crippen LogP contribution in [0.2, 0.25) is 0 Å². The standard InChI is InChI=1S/C22H29F3IN5O4S2/c1-4-5-6-9-31-10-7-8-15-11-16(17(12-18(15)31)30-37(33,34)22(23,24)25)28-29-21-27-26-19(36-21)20(32)35-13-14(2)3/h11-12,14,30H,4-10,13H2,1-3H3. The molecule has 0 saturated carbocycles. The van der Waals surface area contributed by atoms with Crippen molar-refractivity contribution in [1.29, 1.82) is 0 Å². The summed E-state index contributed by atoms with van der Waals surface area (Å²) in [5.41, 5.74) is -4.33. The fourth-order valence-electron chi connectivity index (χ4n) is 3.55. The number of benzene rings is 1. The van der Waals surface area contributed by atoms with Crippen LogP contribution in [0.1, 0.15) is 52.0 Å². The smallest absolute Gasteiger partial charge is 0.461 e. The second kappa shape index (κ2) is 12.9. The summed E-state index contributed by atoms with van der Waals surface area (Å²) in [5.74, 6) is -0.282. The van der Waals surface area contributed by atoms with E-state index in [1.54, 1.807) is 10.8 Å². The van der Waals surface area contributed by atoms with Crippen molar-refractivity contribution in [2.45, 2.75) is 58.4 Å². The summed E-state index contributed by atoms with van der Waals surface area (Å²) in [7, 11) is -5.67. The van der Waals surface area contributed by atoms with Gasteiger partial charge in [-0.3, -0.25) is 4.72 Å². The van der Waals surface area contributed by atoms with Gasteiger partial charge in [0.1, 0.15) is 5.69 Å². The van der Waals surface area contributed by atoms with Crippen LogP contribution in [0.3, 0.4) is 0 Å². The fourth-order valence-corrected chi connectivity index (χ4v) is 7.09. The lowest BCUT2D eigenvalue weighted by Crippen LogP contribution is -2.32. The highest BCUT2D eigenvalue weighted by Crippen LogP contribution is 2.39. The molecule has 0 aliphatic carbocycles. The fraction of sp³-hybridized carbons (Fsp3) is 0.591. The van der Waals surface area contributed by atoms with Gasteiger partial charge in [0.25, 0.3) is 0 Å². The van der Waals surface area contributed by atoms with E-state index in [1.165, 1.54) is 6.07 Å². The normalized spacial score (nSPS) is 16.4. The van der Waals surface area contributed by atoms with E-state index in [2.05, 4.69) is 25.3 Å². The molecule has 2 heterocycles. The minimum absolute atomic E-state index is 0.0562. The van der Waals surface area contributed by atoms with Crippen LogP contribution in [0.15, 0.2) is 25.6 Å². The third kappa shape index (κ3) is 8.12. The maximum absolute atomic E-state index is 13.2. The number of aryl methyl sites for hydroxylation is 1. The Hall–Kier alpha value is -1.75. The molecule has 0 spiro atoms.